The highest BCUT2D eigenvalue weighted by atomic mass is 16.7. The number of aliphatic hydroxyl groups excluding tert-OH is 1. The number of nitrogens with one attached hydrogen (secondary N) is 1. The highest BCUT2D eigenvalue weighted by Gasteiger charge is 2.43. The molecule has 2 aliphatic rings. The van der Waals surface area contributed by atoms with Gasteiger partial charge in [0, 0.05) is 18.4 Å². The molecule has 6 nitrogen and oxygen atoms in total. The fourth-order valence-electron chi connectivity index (χ4n) is 3.87. The fraction of sp³-hybridized carbons (Fsp3) is 0.645. The topological polar surface area (TPSA) is 83.6 Å². The Labute approximate surface area is 224 Å². The SMILES string of the molecule is CCC=CCC=CCC=CCC=CCC=CCCCC(=O)OCC(C)(C)CC1OC1NCCC1OC1O. The molecule has 0 aliphatic carbocycles. The number of unbranched alkanes of at least 4 members (excludes halogenated alkanes) is 1. The van der Waals surface area contributed by atoms with Crippen molar-refractivity contribution >= 4 is 5.97 Å². The van der Waals surface area contributed by atoms with Gasteiger partial charge < -0.3 is 19.3 Å². The van der Waals surface area contributed by atoms with E-state index in [-0.39, 0.29) is 29.8 Å². The number of rotatable bonds is 21. The quantitative estimate of drug-likeness (QED) is 0.0809. The number of allylic oxidation sites excluding steroid dienone is 10. The van der Waals surface area contributed by atoms with Crippen LogP contribution in [0, 0.1) is 5.41 Å². The maximum Gasteiger partial charge on any atom is 0.305 e. The minimum absolute atomic E-state index is 0.0264. The Morgan fingerprint density at radius 3 is 2.03 bits per heavy atom. The van der Waals surface area contributed by atoms with Gasteiger partial charge in [0.2, 0.25) is 0 Å². The normalized spacial score (nSPS) is 23.9. The van der Waals surface area contributed by atoms with Crippen molar-refractivity contribution in [3.05, 3.63) is 60.8 Å². The van der Waals surface area contributed by atoms with Crippen molar-refractivity contribution in [3.63, 3.8) is 0 Å². The summed E-state index contributed by atoms with van der Waals surface area (Å²) in [5.74, 6) is -0.130. The molecule has 2 rings (SSSR count). The van der Waals surface area contributed by atoms with Crippen LogP contribution < -0.4 is 5.32 Å². The molecule has 0 bridgehead atoms. The summed E-state index contributed by atoms with van der Waals surface area (Å²) in [6, 6.07) is 0. The van der Waals surface area contributed by atoms with E-state index in [1.165, 1.54) is 0 Å². The van der Waals surface area contributed by atoms with Crippen molar-refractivity contribution in [1.29, 1.82) is 0 Å². The van der Waals surface area contributed by atoms with Crippen LogP contribution in [0.2, 0.25) is 0 Å². The molecular formula is C31H49NO5. The third-order valence-corrected chi connectivity index (χ3v) is 6.20. The zero-order valence-electron chi connectivity index (χ0n) is 23.1. The molecule has 0 amide bonds. The Hall–Kier alpha value is -1.99. The molecule has 0 radical (unpaired) electrons. The van der Waals surface area contributed by atoms with Gasteiger partial charge in [-0.25, -0.2) is 0 Å². The summed E-state index contributed by atoms with van der Waals surface area (Å²) in [5.41, 5.74) is -0.128. The summed E-state index contributed by atoms with van der Waals surface area (Å²) in [4.78, 5) is 12.1. The first-order valence-corrected chi connectivity index (χ1v) is 14.0. The van der Waals surface area contributed by atoms with Gasteiger partial charge in [-0.15, -0.1) is 0 Å². The minimum atomic E-state index is -0.585. The average molecular weight is 516 g/mol. The molecule has 0 spiro atoms. The number of carbonyl (C=O) groups excluding carboxylic acids is 1. The van der Waals surface area contributed by atoms with Gasteiger partial charge in [-0.2, -0.15) is 0 Å². The first kappa shape index (κ1) is 31.2. The first-order valence-electron chi connectivity index (χ1n) is 14.0. The van der Waals surface area contributed by atoms with Crippen LogP contribution in [-0.2, 0) is 19.0 Å². The van der Waals surface area contributed by atoms with Crippen LogP contribution in [-0.4, -0.2) is 49.0 Å². The lowest BCUT2D eigenvalue weighted by Gasteiger charge is -2.23. The largest absolute Gasteiger partial charge is 0.465 e. The van der Waals surface area contributed by atoms with Gasteiger partial charge in [-0.1, -0.05) is 81.5 Å². The van der Waals surface area contributed by atoms with Crippen LogP contribution in [0.25, 0.3) is 0 Å². The maximum absolute atomic E-state index is 12.1. The van der Waals surface area contributed by atoms with Crippen molar-refractivity contribution in [2.45, 2.75) is 110 Å². The highest BCUT2D eigenvalue weighted by molar-refractivity contribution is 5.69. The molecule has 2 fully saturated rings. The summed E-state index contributed by atoms with van der Waals surface area (Å²) in [5, 5.41) is 12.5. The van der Waals surface area contributed by atoms with Crippen LogP contribution in [0.3, 0.4) is 0 Å². The number of ether oxygens (including phenoxy) is 3. The maximum atomic E-state index is 12.1. The number of esters is 1. The minimum Gasteiger partial charge on any atom is -0.465 e. The Bertz CT molecular complexity index is 782. The molecule has 2 aliphatic heterocycles. The van der Waals surface area contributed by atoms with Gasteiger partial charge in [-0.05, 0) is 57.8 Å². The molecule has 0 aromatic carbocycles. The first-order chi connectivity index (χ1) is 17.9. The van der Waals surface area contributed by atoms with Crippen molar-refractivity contribution in [2.75, 3.05) is 13.2 Å². The van der Waals surface area contributed by atoms with Gasteiger partial charge in [0.1, 0.15) is 12.3 Å². The van der Waals surface area contributed by atoms with Crippen LogP contribution in [0.1, 0.15) is 85.0 Å². The van der Waals surface area contributed by atoms with Crippen LogP contribution in [0.15, 0.2) is 60.8 Å². The lowest BCUT2D eigenvalue weighted by atomic mass is 9.88. The zero-order chi connectivity index (χ0) is 26.8. The number of hydrogen-bond donors (Lipinski definition) is 2. The smallest absolute Gasteiger partial charge is 0.305 e. The third-order valence-electron chi connectivity index (χ3n) is 6.20. The second-order valence-corrected chi connectivity index (χ2v) is 10.5. The van der Waals surface area contributed by atoms with Gasteiger partial charge in [0.15, 0.2) is 6.29 Å². The molecule has 0 aromatic rings. The van der Waals surface area contributed by atoms with E-state index in [1.54, 1.807) is 0 Å². The third kappa shape index (κ3) is 16.5. The van der Waals surface area contributed by atoms with Crippen LogP contribution >= 0.6 is 0 Å². The van der Waals surface area contributed by atoms with Gasteiger partial charge in [0.05, 0.1) is 12.7 Å². The molecular weight excluding hydrogens is 466 g/mol. The van der Waals surface area contributed by atoms with E-state index < -0.39 is 6.29 Å². The Morgan fingerprint density at radius 2 is 1.46 bits per heavy atom. The molecule has 208 valence electrons. The molecule has 0 aromatic heterocycles. The highest BCUT2D eigenvalue weighted by Crippen LogP contribution is 2.34. The molecule has 6 heteroatoms. The molecule has 2 heterocycles. The summed E-state index contributed by atoms with van der Waals surface area (Å²) < 4.78 is 16.2. The van der Waals surface area contributed by atoms with Gasteiger partial charge in [-0.3, -0.25) is 10.1 Å². The molecule has 0 saturated carbocycles. The number of hydrogen-bond acceptors (Lipinski definition) is 6. The monoisotopic (exact) mass is 515 g/mol. The second kappa shape index (κ2) is 18.3. The zero-order valence-corrected chi connectivity index (χ0v) is 23.1. The molecule has 2 saturated heterocycles. The molecule has 4 atom stereocenters. The van der Waals surface area contributed by atoms with E-state index in [9.17, 15) is 4.79 Å². The lowest BCUT2D eigenvalue weighted by molar-refractivity contribution is -0.147. The predicted octanol–water partition coefficient (Wildman–Crippen LogP) is 6.29. The standard InChI is InChI=1S/C31H49NO5/c1-4-5-6-7-8-9-10-11-12-13-14-15-16-17-18-19-20-21-28(33)35-25-31(2,3)24-27-29(36-27)32-23-22-26-30(34)37-26/h5-6,8-9,11-12,14-15,17-18,26-27,29-30,32,34H,4,7,10,13,16,19-25H2,1-3H3. The molecule has 37 heavy (non-hydrogen) atoms. The van der Waals surface area contributed by atoms with E-state index in [2.05, 4.69) is 86.8 Å². The van der Waals surface area contributed by atoms with E-state index in [1.807, 2.05) is 0 Å². The van der Waals surface area contributed by atoms with Gasteiger partial charge >= 0.3 is 5.97 Å². The van der Waals surface area contributed by atoms with E-state index in [4.69, 9.17) is 19.3 Å². The number of epoxide rings is 2. The fourth-order valence-corrected chi connectivity index (χ4v) is 3.87. The summed E-state index contributed by atoms with van der Waals surface area (Å²) >= 11 is 0. The lowest BCUT2D eigenvalue weighted by Crippen LogP contribution is -2.27. The van der Waals surface area contributed by atoms with E-state index >= 15 is 0 Å². The van der Waals surface area contributed by atoms with Crippen molar-refractivity contribution < 1.29 is 24.1 Å². The molecule has 2 N–H and O–H groups in total. The van der Waals surface area contributed by atoms with Crippen molar-refractivity contribution in [3.8, 4) is 0 Å². The van der Waals surface area contributed by atoms with Crippen LogP contribution in [0.4, 0.5) is 0 Å². The Balaban J connectivity index is 1.40. The van der Waals surface area contributed by atoms with Crippen molar-refractivity contribution in [2.24, 2.45) is 5.41 Å². The summed E-state index contributed by atoms with van der Waals surface area (Å²) in [7, 11) is 0. The number of aliphatic hydroxyl groups is 1. The Morgan fingerprint density at radius 1 is 0.892 bits per heavy atom. The summed E-state index contributed by atoms with van der Waals surface area (Å²) in [6.45, 7) is 7.52. The van der Waals surface area contributed by atoms with Crippen molar-refractivity contribution in [1.82, 2.24) is 5.32 Å². The summed E-state index contributed by atoms with van der Waals surface area (Å²) in [6.07, 6.45) is 30.2. The van der Waals surface area contributed by atoms with E-state index in [0.29, 0.717) is 13.0 Å². The van der Waals surface area contributed by atoms with Crippen LogP contribution in [0.5, 0.6) is 0 Å². The van der Waals surface area contributed by atoms with E-state index in [0.717, 1.165) is 64.3 Å². The predicted molar refractivity (Wildman–Crippen MR) is 150 cm³/mol. The number of carbonyl (C=O) groups is 1. The average Bonchev–Trinajstić information content (AvgIpc) is 3.78. The Kier molecular flexibility index (Phi) is 15.4. The molecule has 4 unspecified atom stereocenters. The van der Waals surface area contributed by atoms with Gasteiger partial charge in [0.25, 0.3) is 0 Å². The second-order valence-electron chi connectivity index (χ2n) is 10.5.